The first-order valence-electron chi connectivity index (χ1n) is 5.24. The lowest BCUT2D eigenvalue weighted by Gasteiger charge is -2.16. The van der Waals surface area contributed by atoms with Crippen LogP contribution in [0, 0.1) is 0 Å². The summed E-state index contributed by atoms with van der Waals surface area (Å²) in [7, 11) is 1.62. The van der Waals surface area contributed by atoms with Crippen LogP contribution in [0.2, 0.25) is 0 Å². The smallest absolute Gasteiger partial charge is 0.237 e. The number of benzene rings is 1. The topological polar surface area (TPSA) is 64.3 Å². The monoisotopic (exact) mass is 222 g/mol. The zero-order valence-electron chi connectivity index (χ0n) is 9.86. The molecular formula is C12H18N2O2. The van der Waals surface area contributed by atoms with Gasteiger partial charge in [0, 0.05) is 0 Å². The highest BCUT2D eigenvalue weighted by Crippen LogP contribution is 2.17. The number of methoxy groups -OCH3 is 1. The maximum Gasteiger partial charge on any atom is 0.237 e. The van der Waals surface area contributed by atoms with Crippen LogP contribution in [0.1, 0.15) is 25.5 Å². The molecule has 0 heterocycles. The van der Waals surface area contributed by atoms with Crippen molar-refractivity contribution < 1.29 is 9.53 Å². The van der Waals surface area contributed by atoms with Gasteiger partial charge in [0.2, 0.25) is 5.91 Å². The molecule has 0 aromatic heterocycles. The molecule has 1 amide bonds. The van der Waals surface area contributed by atoms with E-state index in [4.69, 9.17) is 10.5 Å². The van der Waals surface area contributed by atoms with Crippen LogP contribution in [0.15, 0.2) is 24.3 Å². The average Bonchev–Trinajstić information content (AvgIpc) is 2.28. The van der Waals surface area contributed by atoms with Gasteiger partial charge in [-0.05, 0) is 31.5 Å². The van der Waals surface area contributed by atoms with Crippen molar-refractivity contribution in [3.05, 3.63) is 29.8 Å². The summed E-state index contributed by atoms with van der Waals surface area (Å²) in [6.07, 6.45) is 0. The first kappa shape index (κ1) is 12.5. The van der Waals surface area contributed by atoms with Gasteiger partial charge in [0.05, 0.1) is 19.2 Å². The molecule has 16 heavy (non-hydrogen) atoms. The van der Waals surface area contributed by atoms with Crippen LogP contribution >= 0.6 is 0 Å². The molecule has 4 nitrogen and oxygen atoms in total. The van der Waals surface area contributed by atoms with Crippen molar-refractivity contribution in [2.45, 2.75) is 25.9 Å². The quantitative estimate of drug-likeness (QED) is 0.805. The maximum absolute atomic E-state index is 11.4. The third-order valence-corrected chi connectivity index (χ3v) is 2.39. The van der Waals surface area contributed by atoms with Gasteiger partial charge in [-0.1, -0.05) is 12.1 Å². The fourth-order valence-corrected chi connectivity index (χ4v) is 1.32. The van der Waals surface area contributed by atoms with E-state index in [-0.39, 0.29) is 11.9 Å². The van der Waals surface area contributed by atoms with Crippen molar-refractivity contribution in [1.29, 1.82) is 0 Å². The zero-order valence-corrected chi connectivity index (χ0v) is 9.86. The molecule has 0 aliphatic carbocycles. The highest BCUT2D eigenvalue weighted by molar-refractivity contribution is 5.81. The predicted molar refractivity (Wildman–Crippen MR) is 63.2 cm³/mol. The van der Waals surface area contributed by atoms with Crippen molar-refractivity contribution in [1.82, 2.24) is 5.32 Å². The Labute approximate surface area is 95.8 Å². The van der Waals surface area contributed by atoms with Crippen molar-refractivity contribution in [3.8, 4) is 5.75 Å². The Balaban J connectivity index is 2.65. The molecule has 0 saturated heterocycles. The van der Waals surface area contributed by atoms with E-state index in [1.165, 1.54) is 0 Å². The molecule has 0 unspecified atom stereocenters. The summed E-state index contributed by atoms with van der Waals surface area (Å²) in [4.78, 5) is 11.4. The minimum Gasteiger partial charge on any atom is -0.497 e. The summed E-state index contributed by atoms with van der Waals surface area (Å²) in [6.45, 7) is 3.58. The molecule has 0 spiro atoms. The van der Waals surface area contributed by atoms with Gasteiger partial charge in [-0.15, -0.1) is 0 Å². The number of rotatable bonds is 4. The highest BCUT2D eigenvalue weighted by Gasteiger charge is 2.12. The van der Waals surface area contributed by atoms with Gasteiger partial charge in [0.1, 0.15) is 5.75 Å². The lowest BCUT2D eigenvalue weighted by molar-refractivity contribution is -0.122. The number of hydrogen-bond donors (Lipinski definition) is 2. The van der Waals surface area contributed by atoms with Crippen LogP contribution in [-0.2, 0) is 4.79 Å². The molecule has 3 N–H and O–H groups in total. The van der Waals surface area contributed by atoms with Gasteiger partial charge in [-0.25, -0.2) is 0 Å². The van der Waals surface area contributed by atoms with E-state index in [9.17, 15) is 4.79 Å². The molecule has 4 heteroatoms. The Morgan fingerprint density at radius 3 is 2.31 bits per heavy atom. The Morgan fingerprint density at radius 2 is 1.88 bits per heavy atom. The second-order valence-corrected chi connectivity index (χ2v) is 3.79. The maximum atomic E-state index is 11.4. The molecule has 1 rings (SSSR count). The van der Waals surface area contributed by atoms with E-state index in [1.54, 1.807) is 14.0 Å². The van der Waals surface area contributed by atoms with E-state index in [1.807, 2.05) is 31.2 Å². The molecule has 0 aliphatic rings. The Hall–Kier alpha value is -1.55. The summed E-state index contributed by atoms with van der Waals surface area (Å²) in [6, 6.07) is 7.04. The van der Waals surface area contributed by atoms with Crippen LogP contribution in [-0.4, -0.2) is 19.1 Å². The number of carbonyl (C=O) groups excluding carboxylic acids is 1. The molecule has 0 fully saturated rings. The molecule has 0 bridgehead atoms. The fraction of sp³-hybridized carbons (Fsp3) is 0.417. The van der Waals surface area contributed by atoms with Crippen LogP contribution in [0.4, 0.5) is 0 Å². The lowest BCUT2D eigenvalue weighted by atomic mass is 10.1. The summed E-state index contributed by atoms with van der Waals surface area (Å²) < 4.78 is 5.06. The molecular weight excluding hydrogens is 204 g/mol. The van der Waals surface area contributed by atoms with E-state index >= 15 is 0 Å². The number of carbonyl (C=O) groups is 1. The minimum absolute atomic E-state index is 0.0515. The van der Waals surface area contributed by atoms with Crippen molar-refractivity contribution >= 4 is 5.91 Å². The standard InChI is InChI=1S/C12H18N2O2/c1-8(13)12(15)14-9(2)10-4-6-11(16-3)7-5-10/h4-9H,13H2,1-3H3,(H,14,15)/t8-,9-/m0/s1. The van der Waals surface area contributed by atoms with E-state index < -0.39 is 6.04 Å². The van der Waals surface area contributed by atoms with Gasteiger partial charge in [-0.3, -0.25) is 4.79 Å². The van der Waals surface area contributed by atoms with Crippen molar-refractivity contribution in [2.24, 2.45) is 5.73 Å². The summed E-state index contributed by atoms with van der Waals surface area (Å²) >= 11 is 0. The Morgan fingerprint density at radius 1 is 1.31 bits per heavy atom. The predicted octanol–water partition coefficient (Wildman–Crippen LogP) is 1.22. The van der Waals surface area contributed by atoms with Crippen molar-refractivity contribution in [2.75, 3.05) is 7.11 Å². The normalized spacial score (nSPS) is 14.0. The summed E-state index contributed by atoms with van der Waals surface area (Å²) in [5.74, 6) is 0.651. The number of ether oxygens (including phenoxy) is 1. The lowest BCUT2D eigenvalue weighted by Crippen LogP contribution is -2.39. The van der Waals surface area contributed by atoms with Crippen LogP contribution < -0.4 is 15.8 Å². The Kier molecular flexibility index (Phi) is 4.31. The number of hydrogen-bond acceptors (Lipinski definition) is 3. The van der Waals surface area contributed by atoms with E-state index in [0.29, 0.717) is 0 Å². The van der Waals surface area contributed by atoms with Gasteiger partial charge in [0.15, 0.2) is 0 Å². The van der Waals surface area contributed by atoms with Crippen molar-refractivity contribution in [3.63, 3.8) is 0 Å². The molecule has 1 aromatic rings. The second kappa shape index (κ2) is 5.51. The second-order valence-electron chi connectivity index (χ2n) is 3.79. The molecule has 2 atom stereocenters. The van der Waals surface area contributed by atoms with Crippen LogP contribution in [0.5, 0.6) is 5.75 Å². The van der Waals surface area contributed by atoms with Gasteiger partial charge >= 0.3 is 0 Å². The molecule has 88 valence electrons. The molecule has 1 aromatic carbocycles. The minimum atomic E-state index is -0.485. The van der Waals surface area contributed by atoms with Gasteiger partial charge in [-0.2, -0.15) is 0 Å². The van der Waals surface area contributed by atoms with E-state index in [2.05, 4.69) is 5.32 Å². The average molecular weight is 222 g/mol. The zero-order chi connectivity index (χ0) is 12.1. The van der Waals surface area contributed by atoms with Gasteiger partial charge in [0.25, 0.3) is 0 Å². The van der Waals surface area contributed by atoms with Crippen LogP contribution in [0.3, 0.4) is 0 Å². The number of nitrogens with one attached hydrogen (secondary N) is 1. The Bertz CT molecular complexity index is 347. The largest absolute Gasteiger partial charge is 0.497 e. The fourth-order valence-electron chi connectivity index (χ4n) is 1.32. The third-order valence-electron chi connectivity index (χ3n) is 2.39. The third kappa shape index (κ3) is 3.24. The highest BCUT2D eigenvalue weighted by atomic mass is 16.5. The summed E-state index contributed by atoms with van der Waals surface area (Å²) in [5, 5.41) is 2.83. The molecule has 0 saturated carbocycles. The SMILES string of the molecule is COc1ccc([C@H](C)NC(=O)[C@H](C)N)cc1. The van der Waals surface area contributed by atoms with E-state index in [0.717, 1.165) is 11.3 Å². The van der Waals surface area contributed by atoms with Gasteiger partial charge < -0.3 is 15.8 Å². The number of nitrogens with two attached hydrogens (primary N) is 1. The van der Waals surface area contributed by atoms with Crippen LogP contribution in [0.25, 0.3) is 0 Å². The molecule has 0 radical (unpaired) electrons. The molecule has 0 aliphatic heterocycles. The summed E-state index contributed by atoms with van der Waals surface area (Å²) in [5.41, 5.74) is 6.50. The first-order chi connectivity index (χ1) is 7.54. The first-order valence-corrected chi connectivity index (χ1v) is 5.24. The number of amides is 1.